The van der Waals surface area contributed by atoms with Crippen molar-refractivity contribution in [3.63, 3.8) is 0 Å². The number of rotatable bonds is 24. The van der Waals surface area contributed by atoms with E-state index < -0.39 is 238 Å². The van der Waals surface area contributed by atoms with E-state index in [-0.39, 0.29) is 36.0 Å². The number of nitrogen functional groups attached to an aromatic ring is 3. The van der Waals surface area contributed by atoms with Crippen molar-refractivity contribution in [1.82, 2.24) is 0 Å². The summed E-state index contributed by atoms with van der Waals surface area (Å²) in [5.74, 6) is -3.80. The first-order chi connectivity index (χ1) is 40.8. The summed E-state index contributed by atoms with van der Waals surface area (Å²) in [7, 11) is -53.4. The summed E-state index contributed by atoms with van der Waals surface area (Å²) in [5.41, 5.74) is 6.32. The van der Waals surface area contributed by atoms with Gasteiger partial charge in [-0.3, -0.25) is 36.4 Å². The molecule has 0 aliphatic rings. The molecule has 15 N–H and O–H groups in total. The topological polar surface area (TPSA) is 719 Å². The summed E-state index contributed by atoms with van der Waals surface area (Å²) >= 11 is 0. The molecule has 90 heavy (non-hydrogen) atoms. The zero-order valence-electron chi connectivity index (χ0n) is 43.2. The summed E-state index contributed by atoms with van der Waals surface area (Å²) < 4.78 is 332. The number of anilines is 3. The van der Waals surface area contributed by atoms with Crippen LogP contribution in [0.5, 0.6) is 5.75 Å². The monoisotopic (exact) mass is 1460 g/mol. The largest absolute Gasteiger partial charge is 0.505 e. The Labute approximate surface area is 505 Å². The van der Waals surface area contributed by atoms with E-state index in [1.54, 1.807) is 0 Å². The summed E-state index contributed by atoms with van der Waals surface area (Å²) in [4.78, 5) is -10.5. The number of nitrogens with zero attached hydrogens (tertiary/aromatic N) is 8. The maximum atomic E-state index is 12.9. The SMILES string of the molecule is Nc1c(N=Nc2ccc(S(=O)(=O)CCOS(=O)(=O)O)cc2)cc(S(=O)(=O)O)c(N)c1N=Nc1cc(N=Nc2c(S(=O)(=O)O)cc3cc(S(=O)(=O)O)c(N=Nc4ccc(S(=O)(=O)CCOS(=O)(=O)O)cc4S(=O)(=O)O)c(O)c3c2N)c(S(=O)(=O)O)cc1S(=O)(=O)O. The molecule has 0 heterocycles. The van der Waals surface area contributed by atoms with E-state index in [4.69, 9.17) is 26.3 Å². The molecule has 0 atom stereocenters. The second-order valence-electron chi connectivity index (χ2n) is 17.1. The molecule has 0 aromatic heterocycles. The van der Waals surface area contributed by atoms with Crippen molar-refractivity contribution in [2.45, 2.75) is 39.2 Å². The first-order valence-corrected chi connectivity index (χ1v) is 37.0. The Bertz CT molecular complexity index is 5360. The summed E-state index contributed by atoms with van der Waals surface area (Å²) in [6, 6.07) is 6.25. The third kappa shape index (κ3) is 17.2. The Morgan fingerprint density at radius 2 is 0.733 bits per heavy atom. The van der Waals surface area contributed by atoms with Gasteiger partial charge >= 0.3 is 20.8 Å². The van der Waals surface area contributed by atoms with E-state index in [1.165, 1.54) is 0 Å². The van der Waals surface area contributed by atoms with Gasteiger partial charge in [-0.1, -0.05) is 0 Å². The van der Waals surface area contributed by atoms with Crippen molar-refractivity contribution >= 4 is 175 Å². The van der Waals surface area contributed by atoms with Crippen LogP contribution < -0.4 is 17.2 Å². The number of nitrogens with two attached hydrogens (primary N) is 3. The lowest BCUT2D eigenvalue weighted by atomic mass is 10.1. The van der Waals surface area contributed by atoms with Gasteiger partial charge in [0.25, 0.3) is 60.7 Å². The van der Waals surface area contributed by atoms with Gasteiger partial charge < -0.3 is 22.3 Å². The van der Waals surface area contributed by atoms with Crippen LogP contribution in [0.15, 0.2) is 153 Å². The molecular formula is C38H35N11O31S10. The minimum absolute atomic E-state index is 0.0890. The maximum Gasteiger partial charge on any atom is 0.397 e. The highest BCUT2D eigenvalue weighted by Crippen LogP contribution is 2.50. The van der Waals surface area contributed by atoms with Crippen molar-refractivity contribution < 1.29 is 134 Å². The van der Waals surface area contributed by atoms with Crippen LogP contribution in [0.2, 0.25) is 0 Å². The summed E-state index contributed by atoms with van der Waals surface area (Å²) in [6.07, 6.45) is 0. The van der Waals surface area contributed by atoms with Gasteiger partial charge in [-0.15, -0.1) is 35.8 Å². The molecule has 0 bridgehead atoms. The molecule has 0 aliphatic carbocycles. The van der Waals surface area contributed by atoms with Gasteiger partial charge in [-0.05, 0) is 78.2 Å². The van der Waals surface area contributed by atoms with Crippen LogP contribution >= 0.6 is 0 Å². The number of aromatic hydroxyl groups is 1. The van der Waals surface area contributed by atoms with Crippen molar-refractivity contribution in [1.29, 1.82) is 0 Å². The first-order valence-electron chi connectivity index (χ1n) is 22.3. The maximum absolute atomic E-state index is 12.9. The van der Waals surface area contributed by atoms with Gasteiger partial charge in [0, 0.05) is 0 Å². The number of sulfone groups is 2. The van der Waals surface area contributed by atoms with E-state index in [2.05, 4.69) is 49.3 Å². The quantitative estimate of drug-likeness (QED) is 0.0234. The van der Waals surface area contributed by atoms with Crippen LogP contribution in [0.4, 0.5) is 62.6 Å². The van der Waals surface area contributed by atoms with Gasteiger partial charge in [0.05, 0.1) is 62.6 Å². The second kappa shape index (κ2) is 25.2. The Kier molecular flexibility index (Phi) is 20.0. The predicted octanol–water partition coefficient (Wildman–Crippen LogP) is 3.62. The van der Waals surface area contributed by atoms with Crippen LogP contribution in [0.3, 0.4) is 0 Å². The molecule has 52 heteroatoms. The molecule has 0 spiro atoms. The predicted molar refractivity (Wildman–Crippen MR) is 299 cm³/mol. The number of phenolic OH excluding ortho intramolecular Hbond substituents is 1. The third-order valence-corrected chi connectivity index (χ3v) is 20.6. The van der Waals surface area contributed by atoms with Gasteiger partial charge in [0.2, 0.25) is 0 Å². The molecule has 0 fully saturated rings. The number of benzene rings is 6. The Morgan fingerprint density at radius 3 is 1.19 bits per heavy atom. The molecule has 6 aromatic rings. The normalized spacial score (nSPS) is 13.8. The molecule has 0 saturated carbocycles. The zero-order valence-corrected chi connectivity index (χ0v) is 51.3. The molecule has 0 amide bonds. The Hall–Kier alpha value is -7.72. The molecule has 0 aliphatic heterocycles. The lowest BCUT2D eigenvalue weighted by Crippen LogP contribution is -2.16. The van der Waals surface area contributed by atoms with Crippen molar-refractivity contribution in [2.24, 2.45) is 40.9 Å². The molecule has 0 radical (unpaired) electrons. The minimum Gasteiger partial charge on any atom is -0.505 e. The fourth-order valence-corrected chi connectivity index (χ4v) is 14.2. The van der Waals surface area contributed by atoms with Crippen LogP contribution in [0.25, 0.3) is 10.8 Å². The second-order valence-corrected chi connectivity index (χ2v) is 31.8. The minimum atomic E-state index is -5.85. The third-order valence-electron chi connectivity index (χ3n) is 11.0. The van der Waals surface area contributed by atoms with E-state index in [1.807, 2.05) is 0 Å². The van der Waals surface area contributed by atoms with E-state index in [0.717, 1.165) is 24.3 Å². The number of hydrogen-bond donors (Lipinski definition) is 12. The first kappa shape index (κ1) is 71.4. The molecule has 42 nitrogen and oxygen atoms in total. The lowest BCUT2D eigenvalue weighted by molar-refractivity contribution is 0.282. The number of hydrogen-bond acceptors (Lipinski definition) is 34. The molecule has 0 saturated heterocycles. The Morgan fingerprint density at radius 1 is 0.344 bits per heavy atom. The number of azo groups is 4. The fraction of sp³-hybridized carbons (Fsp3) is 0.105. The van der Waals surface area contributed by atoms with Gasteiger partial charge in [0.15, 0.2) is 25.4 Å². The molecular weight excluding hydrogens is 1430 g/mol. The average Bonchev–Trinajstić information content (AvgIpc) is 0.751. The van der Waals surface area contributed by atoms with Crippen molar-refractivity contribution in [3.05, 3.63) is 72.8 Å². The van der Waals surface area contributed by atoms with Gasteiger partial charge in [-0.25, -0.2) is 25.2 Å². The average molecular weight is 1460 g/mol. The lowest BCUT2D eigenvalue weighted by Gasteiger charge is -2.14. The number of fused-ring (bicyclic) bond motifs is 1. The highest BCUT2D eigenvalue weighted by Gasteiger charge is 2.32. The number of phenols is 1. The summed E-state index contributed by atoms with van der Waals surface area (Å²) in [6.45, 7) is -2.22. The highest BCUT2D eigenvalue weighted by molar-refractivity contribution is 7.92. The molecule has 0 unspecified atom stereocenters. The fourth-order valence-electron chi connectivity index (χ4n) is 7.13. The van der Waals surface area contributed by atoms with Crippen LogP contribution in [-0.2, 0) is 110 Å². The van der Waals surface area contributed by atoms with E-state index in [9.17, 15) is 117 Å². The van der Waals surface area contributed by atoms with E-state index >= 15 is 0 Å². The summed E-state index contributed by atoms with van der Waals surface area (Å²) in [5, 5.41) is 37.9. The van der Waals surface area contributed by atoms with Gasteiger partial charge in [0.1, 0.15) is 69.2 Å². The zero-order chi connectivity index (χ0) is 68.1. The van der Waals surface area contributed by atoms with Crippen LogP contribution in [0.1, 0.15) is 0 Å². The highest BCUT2D eigenvalue weighted by atomic mass is 32.3. The van der Waals surface area contributed by atoms with Crippen molar-refractivity contribution in [3.8, 4) is 5.75 Å². The smallest absolute Gasteiger partial charge is 0.397 e. The van der Waals surface area contributed by atoms with Crippen LogP contribution in [-0.4, -0.2) is 150 Å². The Balaban J connectivity index is 1.53. The van der Waals surface area contributed by atoms with Gasteiger partial charge in [-0.2, -0.15) is 72.5 Å². The molecule has 488 valence electrons. The van der Waals surface area contributed by atoms with Crippen molar-refractivity contribution in [2.75, 3.05) is 41.9 Å². The van der Waals surface area contributed by atoms with E-state index in [0.29, 0.717) is 18.2 Å². The standard InChI is InChI=1S/C38H35N11O31S10/c39-32-24(46-42-18-1-3-19(4-2-18)81(51,52)9-7-79-89(73,74)75)15-28(86(64,65)66)33(40)37(32)49-45-23-14-22(26(84(58,59)60)16-27(23)85(61,62)63)44-47-35-29(87(67,68)69)11-17-12-30(88(70,71)72)36(38(50)31(17)34(35)41)48-43-21-6-5-20(13-25(21)83(55,56)57)82(53,54)10-8-80-90(76,77)78/h1-6,11-16,50H,7-10,39-41H2,(H,55,56,57)(H,58,59,60)(H,61,62,63)(H,64,65,66)(H,67,68,69)(H,70,71,72)(H,73,74,75)(H,76,77,78). The van der Waals surface area contributed by atoms with Crippen LogP contribution in [0, 0.1) is 0 Å². The molecule has 6 rings (SSSR count). The molecule has 6 aromatic carbocycles.